The van der Waals surface area contributed by atoms with E-state index in [0.29, 0.717) is 0 Å². The van der Waals surface area contributed by atoms with E-state index in [9.17, 15) is 10.1 Å². The van der Waals surface area contributed by atoms with Gasteiger partial charge in [0.15, 0.2) is 5.84 Å². The number of benzene rings is 2. The van der Waals surface area contributed by atoms with Crippen molar-refractivity contribution in [2.24, 2.45) is 5.10 Å². The molecule has 1 atom stereocenters. The van der Waals surface area contributed by atoms with Crippen molar-refractivity contribution >= 4 is 17.2 Å². The summed E-state index contributed by atoms with van der Waals surface area (Å²) in [5.74, 6) is 0.863. The normalized spacial score (nSPS) is 18.7. The number of fused-ring (bicyclic) bond motifs is 1. The summed E-state index contributed by atoms with van der Waals surface area (Å²) in [4.78, 5) is 12.6. The Bertz CT molecular complexity index is 901. The summed E-state index contributed by atoms with van der Waals surface area (Å²) in [6.07, 6.45) is 6.04. The zero-order valence-corrected chi connectivity index (χ0v) is 13.6. The lowest BCUT2D eigenvalue weighted by Crippen LogP contribution is -2.41. The molecule has 0 radical (unpaired) electrons. The fraction of sp³-hybridized carbons (Fsp3) is 0.105. The van der Waals surface area contributed by atoms with Gasteiger partial charge >= 0.3 is 0 Å². The van der Waals surface area contributed by atoms with Crippen LogP contribution in [0.5, 0.6) is 0 Å². The first-order valence-electron chi connectivity index (χ1n) is 7.97. The van der Waals surface area contributed by atoms with Crippen molar-refractivity contribution in [3.8, 4) is 0 Å². The molecule has 2 heterocycles. The Hall–Kier alpha value is -3.41. The number of hydrogen-bond acceptors (Lipinski definition) is 5. The van der Waals surface area contributed by atoms with Crippen LogP contribution >= 0.6 is 0 Å². The maximum absolute atomic E-state index is 10.9. The van der Waals surface area contributed by atoms with E-state index in [1.165, 1.54) is 12.1 Å². The molecule has 2 aliphatic heterocycles. The first-order valence-corrected chi connectivity index (χ1v) is 7.97. The number of allylic oxidation sites excluding steroid dienone is 3. The molecule has 2 aliphatic rings. The molecule has 0 saturated carbocycles. The summed E-state index contributed by atoms with van der Waals surface area (Å²) in [5, 5.41) is 17.6. The van der Waals surface area contributed by atoms with Crippen molar-refractivity contribution in [3.05, 3.63) is 94.2 Å². The minimum absolute atomic E-state index is 0.0716. The molecule has 2 aromatic carbocycles. The van der Waals surface area contributed by atoms with Gasteiger partial charge in [-0.3, -0.25) is 10.1 Å². The van der Waals surface area contributed by atoms with E-state index < -0.39 is 4.92 Å². The fourth-order valence-corrected chi connectivity index (χ4v) is 3.08. The van der Waals surface area contributed by atoms with E-state index >= 15 is 0 Å². The molecule has 0 amide bonds. The highest BCUT2D eigenvalue weighted by Gasteiger charge is 2.36. The first-order chi connectivity index (χ1) is 12.1. The standard InChI is InChI=1S/C19H16N4O2/c1-14-6-5-9-18-21(14)19(15-7-3-2-4-8-15)20-22(18)16-10-12-17(13-11-16)23(24)25/h2-13,18H,1H3. The van der Waals surface area contributed by atoms with Gasteiger partial charge in [-0.05, 0) is 31.2 Å². The van der Waals surface area contributed by atoms with Gasteiger partial charge in [-0.2, -0.15) is 5.10 Å². The number of non-ortho nitro benzene ring substituents is 1. The van der Waals surface area contributed by atoms with Crippen molar-refractivity contribution in [2.75, 3.05) is 5.01 Å². The molecule has 1 unspecified atom stereocenters. The van der Waals surface area contributed by atoms with Crippen LogP contribution in [0.2, 0.25) is 0 Å². The van der Waals surface area contributed by atoms with Crippen LogP contribution in [-0.4, -0.2) is 21.8 Å². The molecule has 0 spiro atoms. The predicted octanol–water partition coefficient (Wildman–Crippen LogP) is 3.88. The molecule has 0 saturated heterocycles. The predicted molar refractivity (Wildman–Crippen MR) is 97.1 cm³/mol. The quantitative estimate of drug-likeness (QED) is 0.632. The summed E-state index contributed by atoms with van der Waals surface area (Å²) in [6.45, 7) is 2.05. The Labute approximate surface area is 145 Å². The monoisotopic (exact) mass is 332 g/mol. The average Bonchev–Trinajstić information content (AvgIpc) is 3.03. The zero-order chi connectivity index (χ0) is 17.4. The lowest BCUT2D eigenvalue weighted by Gasteiger charge is -2.32. The van der Waals surface area contributed by atoms with Gasteiger partial charge in [0.25, 0.3) is 5.69 Å². The maximum atomic E-state index is 10.9. The molecule has 2 aromatic rings. The van der Waals surface area contributed by atoms with E-state index in [-0.39, 0.29) is 11.9 Å². The summed E-state index contributed by atoms with van der Waals surface area (Å²) in [6, 6.07) is 16.5. The number of rotatable bonds is 3. The van der Waals surface area contributed by atoms with Crippen LogP contribution in [0.3, 0.4) is 0 Å². The number of hydrazone groups is 1. The van der Waals surface area contributed by atoms with Crippen LogP contribution < -0.4 is 5.01 Å². The van der Waals surface area contributed by atoms with E-state index in [2.05, 4.69) is 11.0 Å². The SMILES string of the molecule is CC1=CC=CC2N1C(c1ccccc1)=NN2c1ccc([N+](=O)[O-])cc1. The van der Waals surface area contributed by atoms with Crippen molar-refractivity contribution in [3.63, 3.8) is 0 Å². The molecule has 0 N–H and O–H groups in total. The molecule has 4 rings (SSSR count). The molecule has 0 aromatic heterocycles. The maximum Gasteiger partial charge on any atom is 0.269 e. The van der Waals surface area contributed by atoms with Crippen molar-refractivity contribution in [2.45, 2.75) is 13.1 Å². The van der Waals surface area contributed by atoms with Gasteiger partial charge in [0.1, 0.15) is 6.17 Å². The number of amidine groups is 1. The summed E-state index contributed by atoms with van der Waals surface area (Å²) in [5.41, 5.74) is 3.01. The Kier molecular flexibility index (Phi) is 3.57. The minimum Gasteiger partial charge on any atom is -0.302 e. The fourth-order valence-electron chi connectivity index (χ4n) is 3.08. The van der Waals surface area contributed by atoms with Gasteiger partial charge in [-0.25, -0.2) is 5.01 Å². The molecular formula is C19H16N4O2. The van der Waals surface area contributed by atoms with E-state index in [1.807, 2.05) is 54.4 Å². The molecule has 25 heavy (non-hydrogen) atoms. The van der Waals surface area contributed by atoms with Gasteiger partial charge < -0.3 is 4.90 Å². The van der Waals surface area contributed by atoms with Crippen LogP contribution in [0.4, 0.5) is 11.4 Å². The van der Waals surface area contributed by atoms with Crippen LogP contribution in [0.1, 0.15) is 12.5 Å². The molecular weight excluding hydrogens is 316 g/mol. The molecule has 6 nitrogen and oxygen atoms in total. The third-order valence-corrected chi connectivity index (χ3v) is 4.30. The molecule has 0 aliphatic carbocycles. The highest BCUT2D eigenvalue weighted by atomic mass is 16.6. The van der Waals surface area contributed by atoms with Gasteiger partial charge in [-0.15, -0.1) is 0 Å². The largest absolute Gasteiger partial charge is 0.302 e. The second kappa shape index (κ2) is 5.90. The number of hydrogen-bond donors (Lipinski definition) is 0. The Morgan fingerprint density at radius 1 is 1.08 bits per heavy atom. The smallest absolute Gasteiger partial charge is 0.269 e. The lowest BCUT2D eigenvalue weighted by molar-refractivity contribution is -0.384. The molecule has 6 heteroatoms. The van der Waals surface area contributed by atoms with Crippen LogP contribution in [0.15, 0.2) is 83.6 Å². The van der Waals surface area contributed by atoms with Crippen LogP contribution in [0, 0.1) is 10.1 Å². The zero-order valence-electron chi connectivity index (χ0n) is 13.6. The Balaban J connectivity index is 1.77. The number of nitrogens with zero attached hydrogens (tertiary/aromatic N) is 4. The second-order valence-corrected chi connectivity index (χ2v) is 5.88. The number of nitro groups is 1. The van der Waals surface area contributed by atoms with E-state index in [0.717, 1.165) is 22.8 Å². The van der Waals surface area contributed by atoms with Gasteiger partial charge in [0.2, 0.25) is 0 Å². The highest BCUT2D eigenvalue weighted by Crippen LogP contribution is 2.33. The van der Waals surface area contributed by atoms with Gasteiger partial charge in [-0.1, -0.05) is 36.4 Å². The third kappa shape index (κ3) is 2.57. The molecule has 0 fully saturated rings. The van der Waals surface area contributed by atoms with E-state index in [1.54, 1.807) is 12.1 Å². The van der Waals surface area contributed by atoms with Crippen LogP contribution in [-0.2, 0) is 0 Å². The number of nitro benzene ring substituents is 1. The van der Waals surface area contributed by atoms with Crippen molar-refractivity contribution in [1.82, 2.24) is 4.90 Å². The summed E-state index contributed by atoms with van der Waals surface area (Å²) < 4.78 is 0. The third-order valence-electron chi connectivity index (χ3n) is 4.30. The van der Waals surface area contributed by atoms with Crippen molar-refractivity contribution in [1.29, 1.82) is 0 Å². The van der Waals surface area contributed by atoms with E-state index in [4.69, 9.17) is 5.10 Å². The summed E-state index contributed by atoms with van der Waals surface area (Å²) in [7, 11) is 0. The molecule has 124 valence electrons. The summed E-state index contributed by atoms with van der Waals surface area (Å²) >= 11 is 0. The Morgan fingerprint density at radius 3 is 2.48 bits per heavy atom. The van der Waals surface area contributed by atoms with Gasteiger partial charge in [0, 0.05) is 23.4 Å². The topological polar surface area (TPSA) is 62.0 Å². The Morgan fingerprint density at radius 2 is 1.80 bits per heavy atom. The second-order valence-electron chi connectivity index (χ2n) is 5.88. The van der Waals surface area contributed by atoms with Crippen molar-refractivity contribution < 1.29 is 4.92 Å². The lowest BCUT2D eigenvalue weighted by atomic mass is 10.1. The highest BCUT2D eigenvalue weighted by molar-refractivity contribution is 6.02. The number of anilines is 1. The molecule has 0 bridgehead atoms. The first kappa shape index (κ1) is 15.1. The average molecular weight is 332 g/mol. The minimum atomic E-state index is -0.397. The van der Waals surface area contributed by atoms with Gasteiger partial charge in [0.05, 0.1) is 10.6 Å². The van der Waals surface area contributed by atoms with Crippen LogP contribution in [0.25, 0.3) is 0 Å².